The van der Waals surface area contributed by atoms with Gasteiger partial charge in [0, 0.05) is 29.4 Å². The molecule has 0 amide bonds. The number of fused-ring (bicyclic) bond motifs is 3. The maximum Gasteiger partial charge on any atom is 0.310 e. The van der Waals surface area contributed by atoms with Crippen molar-refractivity contribution < 1.29 is 14.3 Å². The number of methoxy groups -OCH3 is 1. The summed E-state index contributed by atoms with van der Waals surface area (Å²) in [6.07, 6.45) is 1.76. The molecule has 1 saturated heterocycles. The Balaban J connectivity index is 1.59. The Morgan fingerprint density at radius 3 is 2.64 bits per heavy atom. The molecule has 5 rings (SSSR count). The number of ether oxygens (including phenoxy) is 2. The van der Waals surface area contributed by atoms with Crippen LogP contribution in [0.15, 0.2) is 54.6 Å². The van der Waals surface area contributed by atoms with E-state index in [0.717, 1.165) is 64.0 Å². The third-order valence-corrected chi connectivity index (χ3v) is 6.15. The summed E-state index contributed by atoms with van der Waals surface area (Å²) in [5, 5.41) is 11.0. The normalized spacial score (nSPS) is 16.2. The molecular formula is C26H26N4O3. The van der Waals surface area contributed by atoms with Crippen molar-refractivity contribution in [3.8, 4) is 17.0 Å². The summed E-state index contributed by atoms with van der Waals surface area (Å²) in [6, 6.07) is 17.8. The third-order valence-electron chi connectivity index (χ3n) is 6.15. The summed E-state index contributed by atoms with van der Waals surface area (Å²) >= 11 is 0. The molecule has 1 atom stereocenters. The van der Waals surface area contributed by atoms with Crippen LogP contribution in [0.1, 0.15) is 19.8 Å². The van der Waals surface area contributed by atoms with Crippen molar-refractivity contribution in [2.24, 2.45) is 5.92 Å². The summed E-state index contributed by atoms with van der Waals surface area (Å²) in [5.41, 5.74) is 3.25. The monoisotopic (exact) mass is 442 g/mol. The fourth-order valence-corrected chi connectivity index (χ4v) is 4.48. The lowest BCUT2D eigenvalue weighted by Crippen LogP contribution is -2.40. The van der Waals surface area contributed by atoms with Crippen LogP contribution in [0.5, 0.6) is 5.75 Å². The molecule has 7 nitrogen and oxygen atoms in total. The zero-order valence-electron chi connectivity index (χ0n) is 18.8. The Morgan fingerprint density at radius 1 is 1.09 bits per heavy atom. The van der Waals surface area contributed by atoms with Crippen LogP contribution in [0.25, 0.3) is 33.1 Å². The molecule has 0 aliphatic carbocycles. The molecule has 1 aliphatic rings. The number of nitrogens with zero attached hydrogens (tertiary/aromatic N) is 4. The van der Waals surface area contributed by atoms with Crippen molar-refractivity contribution in [2.45, 2.75) is 19.8 Å². The van der Waals surface area contributed by atoms with Gasteiger partial charge in [0.2, 0.25) is 0 Å². The fourth-order valence-electron chi connectivity index (χ4n) is 4.48. The van der Waals surface area contributed by atoms with Gasteiger partial charge in [-0.05, 0) is 50.1 Å². The van der Waals surface area contributed by atoms with E-state index >= 15 is 0 Å². The number of hydrogen-bond donors (Lipinski definition) is 0. The third kappa shape index (κ3) is 4.06. The second-order valence-electron chi connectivity index (χ2n) is 8.21. The van der Waals surface area contributed by atoms with Crippen LogP contribution in [-0.2, 0) is 9.53 Å². The van der Waals surface area contributed by atoms with Gasteiger partial charge >= 0.3 is 5.97 Å². The lowest BCUT2D eigenvalue weighted by atomic mass is 9.97. The summed E-state index contributed by atoms with van der Waals surface area (Å²) in [4.78, 5) is 19.6. The van der Waals surface area contributed by atoms with E-state index < -0.39 is 0 Å². The van der Waals surface area contributed by atoms with Crippen LogP contribution in [0.3, 0.4) is 0 Å². The standard InChI is InChI=1S/C26H26N4O3/c1-3-33-26(31)18-7-6-14-30(16-18)25-21-9-5-4-8-20(21)24-23(27-25)15-22(28-29-24)17-10-12-19(32-2)13-11-17/h4-5,8-13,15,18H,3,6-7,14,16H2,1-2H3. The van der Waals surface area contributed by atoms with Gasteiger partial charge in [-0.15, -0.1) is 10.2 Å². The lowest BCUT2D eigenvalue weighted by Gasteiger charge is -2.33. The SMILES string of the molecule is CCOC(=O)C1CCCN(c2nc3cc(-c4ccc(OC)cc4)nnc3c3ccccc23)C1. The van der Waals surface area contributed by atoms with Crippen LogP contribution in [0.4, 0.5) is 5.82 Å². The zero-order chi connectivity index (χ0) is 22.8. The fraction of sp³-hybridized carbons (Fsp3) is 0.308. The van der Waals surface area contributed by atoms with Crippen LogP contribution >= 0.6 is 0 Å². The molecular weight excluding hydrogens is 416 g/mol. The highest BCUT2D eigenvalue weighted by molar-refractivity contribution is 6.08. The predicted octanol–water partition coefficient (Wildman–Crippen LogP) is 4.63. The first-order chi connectivity index (χ1) is 16.2. The van der Waals surface area contributed by atoms with Gasteiger partial charge in [0.25, 0.3) is 0 Å². The van der Waals surface area contributed by atoms with Crippen molar-refractivity contribution in [1.29, 1.82) is 0 Å². The molecule has 0 N–H and O–H groups in total. The predicted molar refractivity (Wildman–Crippen MR) is 128 cm³/mol. The number of esters is 1. The minimum Gasteiger partial charge on any atom is -0.497 e. The minimum atomic E-state index is -0.139. The highest BCUT2D eigenvalue weighted by atomic mass is 16.5. The van der Waals surface area contributed by atoms with Gasteiger partial charge in [-0.2, -0.15) is 0 Å². The minimum absolute atomic E-state index is 0.125. The lowest BCUT2D eigenvalue weighted by molar-refractivity contribution is -0.148. The smallest absolute Gasteiger partial charge is 0.310 e. The largest absolute Gasteiger partial charge is 0.497 e. The van der Waals surface area contributed by atoms with E-state index in [0.29, 0.717) is 13.2 Å². The quantitative estimate of drug-likeness (QED) is 0.329. The Kier molecular flexibility index (Phi) is 5.77. The topological polar surface area (TPSA) is 77.4 Å². The number of hydrogen-bond acceptors (Lipinski definition) is 7. The van der Waals surface area contributed by atoms with Gasteiger partial charge in [-0.3, -0.25) is 4.79 Å². The molecule has 1 fully saturated rings. The number of benzene rings is 2. The second-order valence-corrected chi connectivity index (χ2v) is 8.21. The number of anilines is 1. The molecule has 168 valence electrons. The van der Waals surface area contributed by atoms with Crippen molar-refractivity contribution >= 4 is 33.6 Å². The highest BCUT2D eigenvalue weighted by Crippen LogP contribution is 2.34. The number of pyridine rings is 1. The van der Waals surface area contributed by atoms with E-state index in [1.165, 1.54) is 0 Å². The Labute approximate surface area is 192 Å². The number of piperidine rings is 1. The average Bonchev–Trinajstić information content (AvgIpc) is 2.88. The number of carbonyl (C=O) groups excluding carboxylic acids is 1. The first-order valence-electron chi connectivity index (χ1n) is 11.3. The zero-order valence-corrected chi connectivity index (χ0v) is 18.8. The number of aromatic nitrogens is 3. The maximum absolute atomic E-state index is 12.4. The molecule has 1 unspecified atom stereocenters. The molecule has 2 aromatic carbocycles. The van der Waals surface area contributed by atoms with Crippen molar-refractivity contribution in [3.05, 3.63) is 54.6 Å². The first kappa shape index (κ1) is 21.1. The molecule has 7 heteroatoms. The number of carbonyl (C=O) groups is 1. The first-order valence-corrected chi connectivity index (χ1v) is 11.3. The van der Waals surface area contributed by atoms with Crippen molar-refractivity contribution in [2.75, 3.05) is 31.7 Å². The Hall–Kier alpha value is -3.74. The molecule has 4 aromatic rings. The van der Waals surface area contributed by atoms with Crippen molar-refractivity contribution in [1.82, 2.24) is 15.2 Å². The van der Waals surface area contributed by atoms with E-state index in [2.05, 4.69) is 27.2 Å². The highest BCUT2D eigenvalue weighted by Gasteiger charge is 2.28. The molecule has 33 heavy (non-hydrogen) atoms. The summed E-state index contributed by atoms with van der Waals surface area (Å²) in [6.45, 7) is 3.70. The molecule has 0 spiro atoms. The van der Waals surface area contributed by atoms with Gasteiger partial charge in [-0.25, -0.2) is 4.98 Å². The molecule has 3 heterocycles. The molecule has 0 saturated carbocycles. The Morgan fingerprint density at radius 2 is 1.88 bits per heavy atom. The average molecular weight is 443 g/mol. The van der Waals surface area contributed by atoms with Crippen LogP contribution in [0.2, 0.25) is 0 Å². The van der Waals surface area contributed by atoms with Gasteiger partial charge in [-0.1, -0.05) is 24.3 Å². The van der Waals surface area contributed by atoms with E-state index in [9.17, 15) is 4.79 Å². The molecule has 0 bridgehead atoms. The number of rotatable bonds is 5. The van der Waals surface area contributed by atoms with Gasteiger partial charge in [0.05, 0.1) is 30.8 Å². The summed E-state index contributed by atoms with van der Waals surface area (Å²) < 4.78 is 10.6. The molecule has 0 radical (unpaired) electrons. The molecule has 1 aliphatic heterocycles. The van der Waals surface area contributed by atoms with E-state index in [-0.39, 0.29) is 11.9 Å². The summed E-state index contributed by atoms with van der Waals surface area (Å²) in [7, 11) is 1.65. The second kappa shape index (κ2) is 9.02. The van der Waals surface area contributed by atoms with Crippen LogP contribution < -0.4 is 9.64 Å². The maximum atomic E-state index is 12.4. The van der Waals surface area contributed by atoms with Gasteiger partial charge in [0.15, 0.2) is 0 Å². The van der Waals surface area contributed by atoms with Gasteiger partial charge < -0.3 is 14.4 Å². The van der Waals surface area contributed by atoms with Crippen molar-refractivity contribution in [3.63, 3.8) is 0 Å². The van der Waals surface area contributed by atoms with E-state index in [1.54, 1.807) is 7.11 Å². The van der Waals surface area contributed by atoms with Gasteiger partial charge in [0.1, 0.15) is 17.1 Å². The van der Waals surface area contributed by atoms with E-state index in [1.807, 2.05) is 49.4 Å². The van der Waals surface area contributed by atoms with Crippen LogP contribution in [-0.4, -0.2) is 48.0 Å². The van der Waals surface area contributed by atoms with E-state index in [4.69, 9.17) is 14.5 Å². The summed E-state index contributed by atoms with van der Waals surface area (Å²) in [5.74, 6) is 1.40. The Bertz CT molecular complexity index is 1310. The van der Waals surface area contributed by atoms with Crippen LogP contribution in [0, 0.1) is 5.92 Å². The molecule has 2 aromatic heterocycles.